The number of thiophene rings is 1. The SMILES string of the molecule is Cc1ccsc1CC1(CN)COC1. The molecule has 0 unspecified atom stereocenters. The Balaban J connectivity index is 2.08. The van der Waals surface area contributed by atoms with Crippen molar-refractivity contribution < 1.29 is 4.74 Å². The summed E-state index contributed by atoms with van der Waals surface area (Å²) in [5.41, 5.74) is 7.40. The van der Waals surface area contributed by atoms with E-state index in [1.165, 1.54) is 10.4 Å². The third kappa shape index (κ3) is 1.64. The Bertz CT molecular complexity index is 285. The Morgan fingerprint density at radius 1 is 1.62 bits per heavy atom. The molecule has 1 fully saturated rings. The largest absolute Gasteiger partial charge is 0.380 e. The second-order valence-electron chi connectivity index (χ2n) is 3.90. The van der Waals surface area contributed by atoms with Gasteiger partial charge in [-0.2, -0.15) is 0 Å². The van der Waals surface area contributed by atoms with Gasteiger partial charge in [0.1, 0.15) is 0 Å². The van der Waals surface area contributed by atoms with Gasteiger partial charge < -0.3 is 10.5 Å². The third-order valence-electron chi connectivity index (χ3n) is 2.75. The zero-order valence-corrected chi connectivity index (χ0v) is 8.69. The van der Waals surface area contributed by atoms with Crippen molar-refractivity contribution in [1.82, 2.24) is 0 Å². The average molecular weight is 197 g/mol. The van der Waals surface area contributed by atoms with Crippen molar-refractivity contribution in [2.75, 3.05) is 19.8 Å². The number of aryl methyl sites for hydroxylation is 1. The molecular formula is C10H15NOS. The molecule has 13 heavy (non-hydrogen) atoms. The van der Waals surface area contributed by atoms with Gasteiger partial charge >= 0.3 is 0 Å². The second-order valence-corrected chi connectivity index (χ2v) is 4.90. The van der Waals surface area contributed by atoms with Crippen LogP contribution in [0.25, 0.3) is 0 Å². The molecule has 1 saturated heterocycles. The highest BCUT2D eigenvalue weighted by Crippen LogP contribution is 2.33. The molecule has 72 valence electrons. The molecule has 0 bridgehead atoms. The average Bonchev–Trinajstić information content (AvgIpc) is 2.44. The highest BCUT2D eigenvalue weighted by atomic mass is 32.1. The summed E-state index contributed by atoms with van der Waals surface area (Å²) in [6.45, 7) is 4.57. The molecule has 0 atom stereocenters. The van der Waals surface area contributed by atoms with Crippen molar-refractivity contribution in [2.24, 2.45) is 11.1 Å². The van der Waals surface area contributed by atoms with Gasteiger partial charge in [0.15, 0.2) is 0 Å². The summed E-state index contributed by atoms with van der Waals surface area (Å²) in [5, 5.41) is 2.15. The molecule has 1 aliphatic heterocycles. The fraction of sp³-hybridized carbons (Fsp3) is 0.600. The molecule has 3 heteroatoms. The fourth-order valence-corrected chi connectivity index (χ4v) is 2.69. The van der Waals surface area contributed by atoms with E-state index in [0.717, 1.165) is 26.2 Å². The van der Waals surface area contributed by atoms with Gasteiger partial charge in [-0.05, 0) is 30.4 Å². The first kappa shape index (κ1) is 9.19. The lowest BCUT2D eigenvalue weighted by atomic mass is 9.81. The molecule has 2 N–H and O–H groups in total. The van der Waals surface area contributed by atoms with E-state index >= 15 is 0 Å². The van der Waals surface area contributed by atoms with Crippen LogP contribution in [0.2, 0.25) is 0 Å². The van der Waals surface area contributed by atoms with Crippen LogP contribution in [0, 0.1) is 12.3 Å². The Kier molecular flexibility index (Phi) is 2.41. The summed E-state index contributed by atoms with van der Waals surface area (Å²) in [6.07, 6.45) is 1.09. The van der Waals surface area contributed by atoms with Crippen LogP contribution in [0.3, 0.4) is 0 Å². The standard InChI is InChI=1S/C10H15NOS/c1-8-2-3-13-9(8)4-10(5-11)6-12-7-10/h2-3H,4-7,11H2,1H3. The summed E-state index contributed by atoms with van der Waals surface area (Å²) >= 11 is 1.83. The van der Waals surface area contributed by atoms with Gasteiger partial charge in [-0.3, -0.25) is 0 Å². The van der Waals surface area contributed by atoms with Crippen LogP contribution in [-0.4, -0.2) is 19.8 Å². The van der Waals surface area contributed by atoms with Gasteiger partial charge in [0.05, 0.1) is 13.2 Å². The van der Waals surface area contributed by atoms with E-state index in [2.05, 4.69) is 18.4 Å². The lowest BCUT2D eigenvalue weighted by molar-refractivity contribution is -0.106. The lowest BCUT2D eigenvalue weighted by Gasteiger charge is -2.40. The van der Waals surface area contributed by atoms with Crippen molar-refractivity contribution in [2.45, 2.75) is 13.3 Å². The minimum atomic E-state index is 0.246. The van der Waals surface area contributed by atoms with Crippen LogP contribution in [0.5, 0.6) is 0 Å². The molecule has 0 amide bonds. The highest BCUT2D eigenvalue weighted by molar-refractivity contribution is 7.10. The predicted molar refractivity (Wildman–Crippen MR) is 55.1 cm³/mol. The molecule has 1 aromatic rings. The van der Waals surface area contributed by atoms with Crippen LogP contribution >= 0.6 is 11.3 Å². The van der Waals surface area contributed by atoms with E-state index in [1.807, 2.05) is 11.3 Å². The van der Waals surface area contributed by atoms with Crippen molar-refractivity contribution in [3.05, 3.63) is 21.9 Å². The van der Waals surface area contributed by atoms with E-state index < -0.39 is 0 Å². The molecule has 1 aromatic heterocycles. The Labute approximate surface area is 82.7 Å². The first-order chi connectivity index (χ1) is 6.26. The van der Waals surface area contributed by atoms with Crippen LogP contribution in [0.15, 0.2) is 11.4 Å². The summed E-state index contributed by atoms with van der Waals surface area (Å²) in [7, 11) is 0. The van der Waals surface area contributed by atoms with Crippen LogP contribution in [0.1, 0.15) is 10.4 Å². The predicted octanol–water partition coefficient (Wildman–Crippen LogP) is 1.57. The number of nitrogens with two attached hydrogens (primary N) is 1. The molecule has 0 aromatic carbocycles. The van der Waals surface area contributed by atoms with E-state index in [0.29, 0.717) is 0 Å². The molecule has 0 spiro atoms. The number of rotatable bonds is 3. The molecule has 1 aliphatic rings. The smallest absolute Gasteiger partial charge is 0.0560 e. The summed E-state index contributed by atoms with van der Waals surface area (Å²) in [4.78, 5) is 1.47. The summed E-state index contributed by atoms with van der Waals surface area (Å²) < 4.78 is 5.24. The van der Waals surface area contributed by atoms with Gasteiger partial charge in [-0.25, -0.2) is 0 Å². The summed E-state index contributed by atoms with van der Waals surface area (Å²) in [6, 6.07) is 2.17. The van der Waals surface area contributed by atoms with Crippen molar-refractivity contribution in [1.29, 1.82) is 0 Å². The van der Waals surface area contributed by atoms with Crippen LogP contribution in [-0.2, 0) is 11.2 Å². The normalized spacial score (nSPS) is 19.8. The minimum absolute atomic E-state index is 0.246. The van der Waals surface area contributed by atoms with Crippen molar-refractivity contribution in [3.8, 4) is 0 Å². The molecule has 2 heterocycles. The number of ether oxygens (including phenoxy) is 1. The molecule has 0 saturated carbocycles. The zero-order valence-electron chi connectivity index (χ0n) is 7.88. The van der Waals surface area contributed by atoms with Crippen LogP contribution < -0.4 is 5.73 Å². The molecule has 0 radical (unpaired) electrons. The van der Waals surface area contributed by atoms with E-state index in [4.69, 9.17) is 10.5 Å². The molecule has 0 aliphatic carbocycles. The quantitative estimate of drug-likeness (QED) is 0.798. The Morgan fingerprint density at radius 3 is 2.77 bits per heavy atom. The number of hydrogen-bond acceptors (Lipinski definition) is 3. The van der Waals surface area contributed by atoms with E-state index in [1.54, 1.807) is 0 Å². The first-order valence-electron chi connectivity index (χ1n) is 4.57. The first-order valence-corrected chi connectivity index (χ1v) is 5.44. The van der Waals surface area contributed by atoms with Gasteiger partial charge in [-0.15, -0.1) is 11.3 Å². The highest BCUT2D eigenvalue weighted by Gasteiger charge is 2.37. The van der Waals surface area contributed by atoms with Gasteiger partial charge in [0, 0.05) is 16.8 Å². The van der Waals surface area contributed by atoms with E-state index in [9.17, 15) is 0 Å². The van der Waals surface area contributed by atoms with Crippen LogP contribution in [0.4, 0.5) is 0 Å². The maximum absolute atomic E-state index is 5.76. The van der Waals surface area contributed by atoms with Crippen molar-refractivity contribution in [3.63, 3.8) is 0 Å². The molecular weight excluding hydrogens is 182 g/mol. The topological polar surface area (TPSA) is 35.2 Å². The fourth-order valence-electron chi connectivity index (χ4n) is 1.61. The lowest BCUT2D eigenvalue weighted by Crippen LogP contribution is -2.49. The van der Waals surface area contributed by atoms with E-state index in [-0.39, 0.29) is 5.41 Å². The van der Waals surface area contributed by atoms with Gasteiger partial charge in [0.25, 0.3) is 0 Å². The summed E-state index contributed by atoms with van der Waals surface area (Å²) in [5.74, 6) is 0. The van der Waals surface area contributed by atoms with Crippen molar-refractivity contribution >= 4 is 11.3 Å². The Morgan fingerprint density at radius 2 is 2.38 bits per heavy atom. The number of hydrogen-bond donors (Lipinski definition) is 1. The monoisotopic (exact) mass is 197 g/mol. The maximum atomic E-state index is 5.76. The maximum Gasteiger partial charge on any atom is 0.0560 e. The zero-order chi connectivity index (χ0) is 9.31. The molecule has 2 rings (SSSR count). The van der Waals surface area contributed by atoms with Gasteiger partial charge in [0.2, 0.25) is 0 Å². The third-order valence-corrected chi connectivity index (χ3v) is 3.78. The van der Waals surface area contributed by atoms with Gasteiger partial charge in [-0.1, -0.05) is 0 Å². The second kappa shape index (κ2) is 3.40. The molecule has 2 nitrogen and oxygen atoms in total. The Hall–Kier alpha value is -0.380. The minimum Gasteiger partial charge on any atom is -0.380 e.